The van der Waals surface area contributed by atoms with E-state index < -0.39 is 0 Å². The van der Waals surface area contributed by atoms with Crippen molar-refractivity contribution in [1.29, 1.82) is 0 Å². The van der Waals surface area contributed by atoms with Gasteiger partial charge in [0.2, 0.25) is 0 Å². The molecule has 0 radical (unpaired) electrons. The number of ether oxygens (including phenoxy) is 2. The predicted octanol–water partition coefficient (Wildman–Crippen LogP) is 9.84. The molecule has 4 heterocycles. The lowest BCUT2D eigenvalue weighted by Crippen LogP contribution is -2.57. The number of aromatic nitrogens is 2. The Hall–Kier alpha value is -6.20. The molecule has 242 valence electrons. The fraction of sp³-hybridized carbons (Fsp3) is 0.0870. The van der Waals surface area contributed by atoms with E-state index in [1.165, 1.54) is 65.9 Å². The normalized spacial score (nSPS) is 13.0. The maximum atomic E-state index is 6.66. The highest BCUT2D eigenvalue weighted by atomic mass is 16.5. The van der Waals surface area contributed by atoms with Crippen LogP contribution in [-0.4, -0.2) is 15.8 Å². The molecule has 0 aliphatic carbocycles. The number of hydrogen-bond acceptors (Lipinski definition) is 2. The molecule has 0 saturated heterocycles. The molecule has 2 aliphatic rings. The largest absolute Gasteiger partial charge is 0.458 e. The summed E-state index contributed by atoms with van der Waals surface area (Å²) < 4.78 is 18.1. The van der Waals surface area contributed by atoms with Crippen molar-refractivity contribution in [3.8, 4) is 34.4 Å². The summed E-state index contributed by atoms with van der Waals surface area (Å²) in [6.45, 7) is 8.60. The van der Waals surface area contributed by atoms with Crippen molar-refractivity contribution >= 4 is 66.7 Å². The van der Waals surface area contributed by atoms with E-state index in [4.69, 9.17) is 9.47 Å². The number of hydrogen-bond donors (Lipinski definition) is 0. The zero-order chi connectivity index (χ0) is 34.1. The highest BCUT2D eigenvalue weighted by Gasteiger charge is 2.40. The second-order valence-electron chi connectivity index (χ2n) is 14.5. The van der Waals surface area contributed by atoms with Gasteiger partial charge in [0.25, 0.3) is 6.71 Å². The van der Waals surface area contributed by atoms with Crippen molar-refractivity contribution < 1.29 is 9.47 Å². The average molecular weight is 657 g/mol. The molecule has 0 bridgehead atoms. The van der Waals surface area contributed by atoms with Crippen LogP contribution in [0.4, 0.5) is 0 Å². The van der Waals surface area contributed by atoms with Crippen LogP contribution in [0.2, 0.25) is 0 Å². The third-order valence-electron chi connectivity index (χ3n) is 11.0. The summed E-state index contributed by atoms with van der Waals surface area (Å²) in [5.74, 6) is 3.45. The van der Waals surface area contributed by atoms with Gasteiger partial charge in [-0.2, -0.15) is 0 Å². The first kappa shape index (κ1) is 28.6. The van der Waals surface area contributed by atoms with Crippen LogP contribution in [0.5, 0.6) is 23.0 Å². The molecular formula is C46H33BN2O2. The highest BCUT2D eigenvalue weighted by Crippen LogP contribution is 2.39. The Morgan fingerprint density at radius 1 is 0.392 bits per heavy atom. The van der Waals surface area contributed by atoms with Gasteiger partial charge in [-0.1, -0.05) is 52.6 Å². The Morgan fingerprint density at radius 2 is 0.765 bits per heavy atom. The first-order chi connectivity index (χ1) is 24.9. The lowest BCUT2D eigenvalue weighted by molar-refractivity contribution is 0.464. The SMILES string of the molecule is Cc1ccc2c(c1)c1cc(C)ccc1n2-c1ccc2c(c1)B1c3cc(-n4c5ccc(C)cc5c5cc(C)ccc54)ccc3Oc3cccc(c31)O2. The summed E-state index contributed by atoms with van der Waals surface area (Å²) in [5.41, 5.74) is 15.4. The molecule has 4 nitrogen and oxygen atoms in total. The minimum absolute atomic E-state index is 0.0706. The van der Waals surface area contributed by atoms with Crippen LogP contribution in [0, 0.1) is 27.7 Å². The van der Waals surface area contributed by atoms with Gasteiger partial charge >= 0.3 is 0 Å². The van der Waals surface area contributed by atoms with Gasteiger partial charge in [-0.25, -0.2) is 0 Å². The number of aryl methyl sites for hydroxylation is 4. The summed E-state index contributed by atoms with van der Waals surface area (Å²) in [7, 11) is 0. The molecule has 0 amide bonds. The Labute approximate surface area is 296 Å². The molecule has 7 aromatic carbocycles. The topological polar surface area (TPSA) is 28.3 Å². The van der Waals surface area contributed by atoms with Crippen LogP contribution in [-0.2, 0) is 0 Å². The maximum absolute atomic E-state index is 6.66. The van der Waals surface area contributed by atoms with Gasteiger partial charge in [-0.3, -0.25) is 0 Å². The average Bonchev–Trinajstić information content (AvgIpc) is 3.62. The molecule has 2 aromatic heterocycles. The van der Waals surface area contributed by atoms with Crippen molar-refractivity contribution in [2.45, 2.75) is 27.7 Å². The Kier molecular flexibility index (Phi) is 5.71. The number of fused-ring (bicyclic) bond motifs is 10. The number of rotatable bonds is 2. The lowest BCUT2D eigenvalue weighted by Gasteiger charge is -2.33. The van der Waals surface area contributed by atoms with E-state index in [0.29, 0.717) is 0 Å². The smallest absolute Gasteiger partial charge is 0.260 e. The van der Waals surface area contributed by atoms with Crippen LogP contribution in [0.3, 0.4) is 0 Å². The standard InChI is InChI=1S/C46H33BN2O2/c1-26-8-14-38-32(20-26)33-21-27(2)9-15-39(33)48(38)30-12-18-42-36(24-30)47-37-25-31(13-19-43(37)51-45-7-5-6-44(50-42)46(45)47)49-40-16-10-28(3)22-34(40)35-23-29(4)11-17-41(35)49/h5-25H,1-4H3. The van der Waals surface area contributed by atoms with Crippen LogP contribution in [0.1, 0.15) is 22.3 Å². The third-order valence-corrected chi connectivity index (χ3v) is 11.0. The van der Waals surface area contributed by atoms with E-state index in [0.717, 1.165) is 50.8 Å². The van der Waals surface area contributed by atoms with Gasteiger partial charge in [0.15, 0.2) is 0 Å². The summed E-state index contributed by atoms with van der Waals surface area (Å²) >= 11 is 0. The van der Waals surface area contributed by atoms with Crippen molar-refractivity contribution in [2.75, 3.05) is 0 Å². The first-order valence-corrected chi connectivity index (χ1v) is 17.7. The summed E-state index contributed by atoms with van der Waals surface area (Å²) in [6, 6.07) is 46.6. The minimum atomic E-state index is -0.0706. The van der Waals surface area contributed by atoms with Crippen molar-refractivity contribution in [3.63, 3.8) is 0 Å². The minimum Gasteiger partial charge on any atom is -0.458 e. The van der Waals surface area contributed by atoms with Gasteiger partial charge in [0, 0.05) is 38.4 Å². The summed E-state index contributed by atoms with van der Waals surface area (Å²) in [5, 5.41) is 5.08. The fourth-order valence-electron chi connectivity index (χ4n) is 8.75. The third kappa shape index (κ3) is 4.03. The molecule has 2 aliphatic heterocycles. The zero-order valence-corrected chi connectivity index (χ0v) is 28.9. The number of nitrogens with zero attached hydrogens (tertiary/aromatic N) is 2. The van der Waals surface area contributed by atoms with Crippen LogP contribution in [0.25, 0.3) is 55.0 Å². The lowest BCUT2D eigenvalue weighted by atomic mass is 9.35. The quantitative estimate of drug-likeness (QED) is 0.173. The van der Waals surface area contributed by atoms with Gasteiger partial charge in [0.1, 0.15) is 23.0 Å². The molecule has 0 fully saturated rings. The molecular weight excluding hydrogens is 623 g/mol. The fourth-order valence-corrected chi connectivity index (χ4v) is 8.75. The molecule has 0 spiro atoms. The van der Waals surface area contributed by atoms with Crippen molar-refractivity contribution in [1.82, 2.24) is 9.13 Å². The monoisotopic (exact) mass is 656 g/mol. The van der Waals surface area contributed by atoms with Crippen LogP contribution < -0.4 is 25.9 Å². The van der Waals surface area contributed by atoms with E-state index in [-0.39, 0.29) is 6.71 Å². The molecule has 5 heteroatoms. The van der Waals surface area contributed by atoms with E-state index in [1.807, 2.05) is 6.07 Å². The summed E-state index contributed by atoms with van der Waals surface area (Å²) in [4.78, 5) is 0. The molecule has 0 saturated carbocycles. The second kappa shape index (κ2) is 10.2. The Balaban J connectivity index is 1.16. The van der Waals surface area contributed by atoms with E-state index in [1.54, 1.807) is 0 Å². The zero-order valence-electron chi connectivity index (χ0n) is 28.9. The van der Waals surface area contributed by atoms with Gasteiger partial charge in [-0.05, 0) is 136 Å². The predicted molar refractivity (Wildman–Crippen MR) is 212 cm³/mol. The van der Waals surface area contributed by atoms with Crippen molar-refractivity contribution in [3.05, 3.63) is 150 Å². The van der Waals surface area contributed by atoms with Gasteiger partial charge in [-0.15, -0.1) is 0 Å². The Bertz CT molecular complexity index is 2670. The van der Waals surface area contributed by atoms with E-state index >= 15 is 0 Å². The highest BCUT2D eigenvalue weighted by molar-refractivity contribution is 6.98. The second-order valence-corrected chi connectivity index (χ2v) is 14.5. The number of benzene rings is 7. The Morgan fingerprint density at radius 3 is 1.14 bits per heavy atom. The molecule has 0 N–H and O–H groups in total. The van der Waals surface area contributed by atoms with Crippen LogP contribution >= 0.6 is 0 Å². The first-order valence-electron chi connectivity index (χ1n) is 17.7. The molecule has 0 unspecified atom stereocenters. The molecule has 0 atom stereocenters. The van der Waals surface area contributed by atoms with E-state index in [2.05, 4.69) is 158 Å². The summed E-state index contributed by atoms with van der Waals surface area (Å²) in [6.07, 6.45) is 0. The van der Waals surface area contributed by atoms with E-state index in [9.17, 15) is 0 Å². The van der Waals surface area contributed by atoms with Crippen LogP contribution in [0.15, 0.2) is 127 Å². The molecule has 9 aromatic rings. The van der Waals surface area contributed by atoms with Crippen molar-refractivity contribution in [2.24, 2.45) is 0 Å². The molecule has 11 rings (SSSR count). The maximum Gasteiger partial charge on any atom is 0.260 e. The van der Waals surface area contributed by atoms with Gasteiger partial charge in [0.05, 0.1) is 22.1 Å². The van der Waals surface area contributed by atoms with Gasteiger partial charge < -0.3 is 18.6 Å². The molecule has 51 heavy (non-hydrogen) atoms.